The van der Waals surface area contributed by atoms with Crippen molar-refractivity contribution in [3.8, 4) is 0 Å². The second kappa shape index (κ2) is 5.96. The van der Waals surface area contributed by atoms with Gasteiger partial charge in [-0.15, -0.1) is 0 Å². The van der Waals surface area contributed by atoms with Crippen LogP contribution < -0.4 is 11.5 Å². The number of ether oxygens (including phenoxy) is 1. The number of nitrogens with zero attached hydrogens (tertiary/aromatic N) is 3. The second-order valence-corrected chi connectivity index (χ2v) is 4.09. The van der Waals surface area contributed by atoms with Gasteiger partial charge >= 0.3 is 5.97 Å². The van der Waals surface area contributed by atoms with Gasteiger partial charge in [-0.05, 0) is 24.1 Å². The number of nitrogens with two attached hydrogens (primary N) is 2. The minimum absolute atomic E-state index is 0.00384. The molecule has 1 aromatic carbocycles. The van der Waals surface area contributed by atoms with E-state index in [9.17, 15) is 4.79 Å². The molecule has 1 aromatic heterocycles. The summed E-state index contributed by atoms with van der Waals surface area (Å²) in [6, 6.07) is 7.21. The molecule has 4 N–H and O–H groups in total. The van der Waals surface area contributed by atoms with Crippen molar-refractivity contribution >= 4 is 17.9 Å². The van der Waals surface area contributed by atoms with Gasteiger partial charge in [-0.1, -0.05) is 19.1 Å². The molecule has 7 nitrogen and oxygen atoms in total. The van der Waals surface area contributed by atoms with E-state index in [1.54, 1.807) is 12.1 Å². The standard InChI is InChI=1S/C13H15N5O2/c1-2-8-3-5-9(6-4-8)11(19)20-7-10-16-12(14)18-13(15)17-10/h3-6H,2,7H2,1H3,(H4,14,15,16,17,18). The Labute approximate surface area is 116 Å². The lowest BCUT2D eigenvalue weighted by atomic mass is 10.1. The number of nitrogen functional groups attached to an aromatic ring is 2. The van der Waals surface area contributed by atoms with Gasteiger partial charge in [0.1, 0.15) is 0 Å². The average Bonchev–Trinajstić information content (AvgIpc) is 2.44. The van der Waals surface area contributed by atoms with Crippen molar-refractivity contribution in [2.75, 3.05) is 11.5 Å². The molecule has 0 bridgehead atoms. The molecule has 104 valence electrons. The van der Waals surface area contributed by atoms with E-state index in [-0.39, 0.29) is 24.3 Å². The molecular formula is C13H15N5O2. The Kier molecular flexibility index (Phi) is 4.09. The summed E-state index contributed by atoms with van der Waals surface area (Å²) in [5.41, 5.74) is 12.5. The molecule has 2 aromatic rings. The molecule has 0 saturated heterocycles. The largest absolute Gasteiger partial charge is 0.454 e. The van der Waals surface area contributed by atoms with E-state index in [0.29, 0.717) is 5.56 Å². The van der Waals surface area contributed by atoms with Crippen molar-refractivity contribution in [3.05, 3.63) is 41.2 Å². The fraction of sp³-hybridized carbons (Fsp3) is 0.231. The molecule has 7 heteroatoms. The van der Waals surface area contributed by atoms with Crippen molar-refractivity contribution in [1.29, 1.82) is 0 Å². The smallest absolute Gasteiger partial charge is 0.338 e. The van der Waals surface area contributed by atoms with Gasteiger partial charge in [0.15, 0.2) is 12.4 Å². The lowest BCUT2D eigenvalue weighted by Crippen LogP contribution is -2.11. The first-order chi connectivity index (χ1) is 9.58. The highest BCUT2D eigenvalue weighted by Gasteiger charge is 2.09. The van der Waals surface area contributed by atoms with Crippen LogP contribution in [0.3, 0.4) is 0 Å². The zero-order valence-corrected chi connectivity index (χ0v) is 11.0. The third-order valence-electron chi connectivity index (χ3n) is 2.65. The van der Waals surface area contributed by atoms with Crippen molar-refractivity contribution in [1.82, 2.24) is 15.0 Å². The van der Waals surface area contributed by atoms with Crippen LogP contribution in [0.25, 0.3) is 0 Å². The lowest BCUT2D eigenvalue weighted by Gasteiger charge is -2.05. The number of hydrogen-bond acceptors (Lipinski definition) is 7. The van der Waals surface area contributed by atoms with Crippen molar-refractivity contribution in [2.45, 2.75) is 20.0 Å². The molecule has 0 unspecified atom stereocenters. The van der Waals surface area contributed by atoms with Crippen LogP contribution in [0, 0.1) is 0 Å². The Bertz CT molecular complexity index is 592. The predicted molar refractivity (Wildman–Crippen MR) is 73.6 cm³/mol. The molecule has 0 aliphatic carbocycles. The number of esters is 1. The first-order valence-corrected chi connectivity index (χ1v) is 6.10. The van der Waals surface area contributed by atoms with Crippen LogP contribution in [0.4, 0.5) is 11.9 Å². The highest BCUT2D eigenvalue weighted by molar-refractivity contribution is 5.89. The molecule has 0 aliphatic heterocycles. The zero-order chi connectivity index (χ0) is 14.5. The molecule has 0 atom stereocenters. The van der Waals surface area contributed by atoms with Gasteiger partial charge < -0.3 is 16.2 Å². The molecule has 0 spiro atoms. The van der Waals surface area contributed by atoms with Crippen LogP contribution in [-0.4, -0.2) is 20.9 Å². The molecule has 1 heterocycles. The number of anilines is 2. The summed E-state index contributed by atoms with van der Waals surface area (Å²) >= 11 is 0. The van der Waals surface area contributed by atoms with Crippen molar-refractivity contribution in [3.63, 3.8) is 0 Å². The Hall–Kier alpha value is -2.70. The highest BCUT2D eigenvalue weighted by Crippen LogP contribution is 2.08. The third-order valence-corrected chi connectivity index (χ3v) is 2.65. The summed E-state index contributed by atoms with van der Waals surface area (Å²) in [6.45, 7) is 1.94. The zero-order valence-electron chi connectivity index (χ0n) is 11.0. The van der Waals surface area contributed by atoms with Crippen LogP contribution in [0.15, 0.2) is 24.3 Å². The number of aryl methyl sites for hydroxylation is 1. The van der Waals surface area contributed by atoms with Crippen LogP contribution in [0.2, 0.25) is 0 Å². The minimum Gasteiger partial charge on any atom is -0.454 e. The first-order valence-electron chi connectivity index (χ1n) is 6.10. The lowest BCUT2D eigenvalue weighted by molar-refractivity contribution is 0.0462. The van der Waals surface area contributed by atoms with E-state index >= 15 is 0 Å². The molecule has 2 rings (SSSR count). The summed E-state index contributed by atoms with van der Waals surface area (Å²) in [7, 11) is 0. The van der Waals surface area contributed by atoms with Crippen molar-refractivity contribution < 1.29 is 9.53 Å². The average molecular weight is 273 g/mol. The molecule has 0 saturated carbocycles. The topological polar surface area (TPSA) is 117 Å². The number of aromatic nitrogens is 3. The van der Waals surface area contributed by atoms with E-state index < -0.39 is 5.97 Å². The Morgan fingerprint density at radius 2 is 1.70 bits per heavy atom. The SMILES string of the molecule is CCc1ccc(C(=O)OCc2nc(N)nc(N)n2)cc1. The van der Waals surface area contributed by atoms with E-state index in [0.717, 1.165) is 12.0 Å². The fourth-order valence-electron chi connectivity index (χ4n) is 1.61. The van der Waals surface area contributed by atoms with Crippen LogP contribution in [0.5, 0.6) is 0 Å². The van der Waals surface area contributed by atoms with Gasteiger partial charge in [-0.25, -0.2) is 4.79 Å². The number of benzene rings is 1. The predicted octanol–water partition coefficient (Wildman–Crippen LogP) is 0.955. The maximum Gasteiger partial charge on any atom is 0.338 e. The maximum absolute atomic E-state index is 11.8. The molecule has 0 aliphatic rings. The molecule has 20 heavy (non-hydrogen) atoms. The summed E-state index contributed by atoms with van der Waals surface area (Å²) in [5, 5.41) is 0. The van der Waals surface area contributed by atoms with E-state index in [1.165, 1.54) is 0 Å². The number of hydrogen-bond donors (Lipinski definition) is 2. The number of carbonyl (C=O) groups is 1. The van der Waals surface area contributed by atoms with Gasteiger partial charge in [0.25, 0.3) is 0 Å². The quantitative estimate of drug-likeness (QED) is 0.796. The van der Waals surface area contributed by atoms with Gasteiger partial charge in [0.05, 0.1) is 5.56 Å². The number of rotatable bonds is 4. The van der Waals surface area contributed by atoms with E-state index in [1.807, 2.05) is 19.1 Å². The van der Waals surface area contributed by atoms with Crippen LogP contribution >= 0.6 is 0 Å². The monoisotopic (exact) mass is 273 g/mol. The van der Waals surface area contributed by atoms with Gasteiger partial charge in [-0.3, -0.25) is 0 Å². The molecule has 0 amide bonds. The van der Waals surface area contributed by atoms with E-state index in [4.69, 9.17) is 16.2 Å². The summed E-state index contributed by atoms with van der Waals surface area (Å²) in [4.78, 5) is 23.1. The Balaban J connectivity index is 2.00. The van der Waals surface area contributed by atoms with Gasteiger partial charge in [0, 0.05) is 0 Å². The minimum atomic E-state index is -0.454. The fourth-order valence-corrected chi connectivity index (χ4v) is 1.61. The van der Waals surface area contributed by atoms with Gasteiger partial charge in [0.2, 0.25) is 11.9 Å². The Morgan fingerprint density at radius 1 is 1.10 bits per heavy atom. The summed E-state index contributed by atoms with van der Waals surface area (Å²) < 4.78 is 5.09. The first kappa shape index (κ1) is 13.7. The number of carbonyl (C=O) groups excluding carboxylic acids is 1. The molecular weight excluding hydrogens is 258 g/mol. The third kappa shape index (κ3) is 3.41. The van der Waals surface area contributed by atoms with Crippen LogP contribution in [-0.2, 0) is 17.8 Å². The van der Waals surface area contributed by atoms with E-state index in [2.05, 4.69) is 15.0 Å². The summed E-state index contributed by atoms with van der Waals surface area (Å²) in [6.07, 6.45) is 0.915. The summed E-state index contributed by atoms with van der Waals surface area (Å²) in [5.74, 6) is -0.245. The van der Waals surface area contributed by atoms with Gasteiger partial charge in [-0.2, -0.15) is 15.0 Å². The maximum atomic E-state index is 11.8. The Morgan fingerprint density at radius 3 is 2.25 bits per heavy atom. The second-order valence-electron chi connectivity index (χ2n) is 4.09. The van der Waals surface area contributed by atoms with Crippen molar-refractivity contribution in [2.24, 2.45) is 0 Å². The molecule has 0 fully saturated rings. The van der Waals surface area contributed by atoms with Crippen LogP contribution in [0.1, 0.15) is 28.7 Å². The normalized spacial score (nSPS) is 10.2. The molecule has 0 radical (unpaired) electrons. The highest BCUT2D eigenvalue weighted by atomic mass is 16.5.